The summed E-state index contributed by atoms with van der Waals surface area (Å²) in [7, 11) is 0. The molecule has 1 aliphatic rings. The van der Waals surface area contributed by atoms with Crippen molar-refractivity contribution >= 4 is 44.6 Å². The molecule has 5 rings (SSSR count). The Morgan fingerprint density at radius 1 is 1.08 bits per heavy atom. The molecule has 1 heterocycles. The fraction of sp³-hybridized carbons (Fsp3) is 0.276. The predicted molar refractivity (Wildman–Crippen MR) is 149 cm³/mol. The van der Waals surface area contributed by atoms with Crippen LogP contribution in [0.15, 0.2) is 75.0 Å². The van der Waals surface area contributed by atoms with Gasteiger partial charge in [0.25, 0.3) is 5.56 Å². The summed E-state index contributed by atoms with van der Waals surface area (Å²) in [4.78, 5) is 18.5. The first-order valence-electron chi connectivity index (χ1n) is 12.2. The Bertz CT molecular complexity index is 1470. The second kappa shape index (κ2) is 11.0. The van der Waals surface area contributed by atoms with E-state index in [4.69, 9.17) is 21.3 Å². The number of aromatic nitrogens is 2. The molecule has 0 radical (unpaired) electrons. The van der Waals surface area contributed by atoms with E-state index in [0.717, 1.165) is 41.5 Å². The Kier molecular flexibility index (Phi) is 7.54. The number of aryl methyl sites for hydroxylation is 1. The first kappa shape index (κ1) is 24.7. The zero-order chi connectivity index (χ0) is 25.1. The van der Waals surface area contributed by atoms with Crippen LogP contribution in [0.4, 0.5) is 0 Å². The number of halogens is 2. The van der Waals surface area contributed by atoms with Gasteiger partial charge in [-0.15, -0.1) is 0 Å². The van der Waals surface area contributed by atoms with Gasteiger partial charge < -0.3 is 4.74 Å². The number of fused-ring (bicyclic) bond motifs is 1. The van der Waals surface area contributed by atoms with Crippen LogP contribution >= 0.6 is 27.5 Å². The Labute approximate surface area is 223 Å². The molecule has 7 heteroatoms. The summed E-state index contributed by atoms with van der Waals surface area (Å²) in [6, 6.07) is 19.2. The molecule has 0 atom stereocenters. The lowest BCUT2D eigenvalue weighted by Crippen LogP contribution is -2.25. The van der Waals surface area contributed by atoms with Gasteiger partial charge >= 0.3 is 0 Å². The molecule has 0 N–H and O–H groups in total. The van der Waals surface area contributed by atoms with Gasteiger partial charge in [0.2, 0.25) is 0 Å². The minimum atomic E-state index is -0.178. The fourth-order valence-corrected chi connectivity index (χ4v) is 5.16. The second-order valence-electron chi connectivity index (χ2n) is 9.28. The van der Waals surface area contributed by atoms with Crippen LogP contribution in [0.3, 0.4) is 0 Å². The summed E-state index contributed by atoms with van der Waals surface area (Å²) < 4.78 is 8.41. The zero-order valence-corrected chi connectivity index (χ0v) is 22.4. The molecule has 0 saturated heterocycles. The molecule has 184 valence electrons. The molecule has 4 aromatic rings. The monoisotopic (exact) mass is 563 g/mol. The van der Waals surface area contributed by atoms with Crippen LogP contribution in [0.5, 0.6) is 5.75 Å². The van der Waals surface area contributed by atoms with E-state index in [-0.39, 0.29) is 11.5 Å². The van der Waals surface area contributed by atoms with E-state index in [2.05, 4.69) is 40.1 Å². The molecule has 0 spiro atoms. The van der Waals surface area contributed by atoms with Gasteiger partial charge in [0.15, 0.2) is 0 Å². The third-order valence-electron chi connectivity index (χ3n) is 6.60. The highest BCUT2D eigenvalue weighted by Crippen LogP contribution is 2.32. The number of hydrogen-bond acceptors (Lipinski definition) is 4. The zero-order valence-electron chi connectivity index (χ0n) is 20.1. The summed E-state index contributed by atoms with van der Waals surface area (Å²) >= 11 is 9.78. The molecule has 1 saturated carbocycles. The lowest BCUT2D eigenvalue weighted by molar-refractivity contribution is 0.306. The highest BCUT2D eigenvalue weighted by atomic mass is 79.9. The fourth-order valence-electron chi connectivity index (χ4n) is 4.62. The predicted octanol–water partition coefficient (Wildman–Crippen LogP) is 7.63. The Morgan fingerprint density at radius 3 is 2.64 bits per heavy atom. The van der Waals surface area contributed by atoms with Crippen LogP contribution in [0, 0.1) is 6.92 Å². The topological polar surface area (TPSA) is 56.5 Å². The summed E-state index contributed by atoms with van der Waals surface area (Å²) in [5, 5.41) is 5.76. The van der Waals surface area contributed by atoms with Crippen molar-refractivity contribution in [3.63, 3.8) is 0 Å². The molecule has 1 aromatic heterocycles. The van der Waals surface area contributed by atoms with Crippen LogP contribution in [0.1, 0.15) is 60.5 Å². The third kappa shape index (κ3) is 5.55. The molecular weight excluding hydrogens is 538 g/mol. The van der Waals surface area contributed by atoms with E-state index in [9.17, 15) is 4.79 Å². The minimum absolute atomic E-state index is 0.178. The van der Waals surface area contributed by atoms with Crippen molar-refractivity contribution in [3.05, 3.63) is 103 Å². The maximum atomic E-state index is 13.6. The van der Waals surface area contributed by atoms with Crippen molar-refractivity contribution < 1.29 is 4.74 Å². The second-order valence-corrected chi connectivity index (χ2v) is 10.6. The molecule has 1 aliphatic carbocycles. The molecule has 0 amide bonds. The molecule has 0 bridgehead atoms. The summed E-state index contributed by atoms with van der Waals surface area (Å²) in [5.41, 5.74) is 3.49. The first-order chi connectivity index (χ1) is 17.5. The SMILES string of the molecule is Cc1ccc(COc2ccc(Cl)cc2C=Nn2c(C3CCCCC3)nc3ccc(Br)cc3c2=O)cc1. The van der Waals surface area contributed by atoms with Crippen LogP contribution in [-0.2, 0) is 6.61 Å². The molecule has 1 fully saturated rings. The Balaban J connectivity index is 1.53. The van der Waals surface area contributed by atoms with Crippen LogP contribution in [-0.4, -0.2) is 15.9 Å². The van der Waals surface area contributed by atoms with E-state index in [1.165, 1.54) is 16.7 Å². The lowest BCUT2D eigenvalue weighted by atomic mass is 9.88. The Hall–Kier alpha value is -2.96. The van der Waals surface area contributed by atoms with E-state index in [0.29, 0.717) is 33.8 Å². The van der Waals surface area contributed by atoms with Gasteiger partial charge in [-0.05, 0) is 61.7 Å². The molecule has 0 aliphatic heterocycles. The number of rotatable bonds is 6. The van der Waals surface area contributed by atoms with E-state index in [1.54, 1.807) is 24.4 Å². The van der Waals surface area contributed by atoms with Gasteiger partial charge in [0, 0.05) is 21.0 Å². The van der Waals surface area contributed by atoms with Crippen molar-refractivity contribution in [1.29, 1.82) is 0 Å². The molecule has 5 nitrogen and oxygen atoms in total. The highest BCUT2D eigenvalue weighted by Gasteiger charge is 2.22. The third-order valence-corrected chi connectivity index (χ3v) is 7.33. The average molecular weight is 565 g/mol. The van der Waals surface area contributed by atoms with Crippen LogP contribution in [0.2, 0.25) is 5.02 Å². The van der Waals surface area contributed by atoms with Gasteiger partial charge in [-0.3, -0.25) is 4.79 Å². The number of ether oxygens (including phenoxy) is 1. The summed E-state index contributed by atoms with van der Waals surface area (Å²) in [6.07, 6.45) is 7.14. The summed E-state index contributed by atoms with van der Waals surface area (Å²) in [6.45, 7) is 2.48. The quantitative estimate of drug-likeness (QED) is 0.226. The van der Waals surface area contributed by atoms with E-state index in [1.807, 2.05) is 30.3 Å². The van der Waals surface area contributed by atoms with E-state index < -0.39 is 0 Å². The lowest BCUT2D eigenvalue weighted by Gasteiger charge is -2.22. The summed E-state index contributed by atoms with van der Waals surface area (Å²) in [5.74, 6) is 1.57. The maximum absolute atomic E-state index is 13.6. The average Bonchev–Trinajstić information content (AvgIpc) is 2.89. The number of hydrogen-bond donors (Lipinski definition) is 0. The number of benzene rings is 3. The largest absolute Gasteiger partial charge is 0.488 e. The van der Waals surface area contributed by atoms with Crippen LogP contribution < -0.4 is 10.3 Å². The standard InChI is InChI=1S/C29H27BrClN3O2/c1-19-7-9-20(10-8-19)18-36-27-14-12-24(31)15-22(27)17-32-34-28(21-5-3-2-4-6-21)33-26-13-11-23(30)16-25(26)29(34)35/h7-17,21H,2-6,18H2,1H3. The number of nitrogens with zero attached hydrogens (tertiary/aromatic N) is 3. The van der Waals surface area contributed by atoms with Gasteiger partial charge in [-0.1, -0.05) is 76.6 Å². The van der Waals surface area contributed by atoms with Crippen molar-refractivity contribution in [2.24, 2.45) is 5.10 Å². The minimum Gasteiger partial charge on any atom is -0.488 e. The first-order valence-corrected chi connectivity index (χ1v) is 13.4. The van der Waals surface area contributed by atoms with Crippen molar-refractivity contribution in [2.75, 3.05) is 0 Å². The Morgan fingerprint density at radius 2 is 1.86 bits per heavy atom. The normalized spacial score (nSPS) is 14.5. The van der Waals surface area contributed by atoms with Gasteiger partial charge in [0.05, 0.1) is 17.1 Å². The van der Waals surface area contributed by atoms with E-state index >= 15 is 0 Å². The van der Waals surface area contributed by atoms with Gasteiger partial charge in [0.1, 0.15) is 18.2 Å². The molecule has 36 heavy (non-hydrogen) atoms. The van der Waals surface area contributed by atoms with Crippen LogP contribution in [0.25, 0.3) is 10.9 Å². The molecule has 0 unspecified atom stereocenters. The van der Waals surface area contributed by atoms with Crippen molar-refractivity contribution in [3.8, 4) is 5.75 Å². The smallest absolute Gasteiger partial charge is 0.282 e. The molecular formula is C29H27BrClN3O2. The van der Waals surface area contributed by atoms with Gasteiger partial charge in [-0.2, -0.15) is 9.78 Å². The highest BCUT2D eigenvalue weighted by molar-refractivity contribution is 9.10. The van der Waals surface area contributed by atoms with Crippen molar-refractivity contribution in [1.82, 2.24) is 9.66 Å². The molecule has 3 aromatic carbocycles. The van der Waals surface area contributed by atoms with Crippen molar-refractivity contribution in [2.45, 2.75) is 51.6 Å². The maximum Gasteiger partial charge on any atom is 0.282 e. The van der Waals surface area contributed by atoms with Gasteiger partial charge in [-0.25, -0.2) is 4.98 Å².